The van der Waals surface area contributed by atoms with Gasteiger partial charge >= 0.3 is 0 Å². The fraction of sp³-hybridized carbons (Fsp3) is 0.977. The van der Waals surface area contributed by atoms with Crippen LogP contribution in [-0.2, 0) is 14.3 Å². The summed E-state index contributed by atoms with van der Waals surface area (Å²) in [4.78, 5) is 12.9. The van der Waals surface area contributed by atoms with Crippen LogP contribution in [0.3, 0.4) is 0 Å². The minimum Gasteiger partial charge on any atom is -0.394 e. The van der Waals surface area contributed by atoms with E-state index in [-0.39, 0.29) is 12.5 Å². The van der Waals surface area contributed by atoms with E-state index >= 15 is 0 Å². The Labute approximate surface area is 325 Å². The van der Waals surface area contributed by atoms with E-state index in [1.807, 2.05) is 0 Å². The predicted molar refractivity (Wildman–Crippen MR) is 217 cm³/mol. The van der Waals surface area contributed by atoms with E-state index in [2.05, 4.69) is 19.2 Å². The van der Waals surface area contributed by atoms with Gasteiger partial charge in [0.2, 0.25) is 5.91 Å². The lowest BCUT2D eigenvalue weighted by Crippen LogP contribution is -2.60. The Hall–Kier alpha value is -0.810. The molecule has 1 saturated heterocycles. The number of ether oxygens (including phenoxy) is 2. The van der Waals surface area contributed by atoms with Gasteiger partial charge in [-0.1, -0.05) is 200 Å². The lowest BCUT2D eigenvalue weighted by molar-refractivity contribution is -0.302. The van der Waals surface area contributed by atoms with Crippen LogP contribution in [0.25, 0.3) is 0 Å². The summed E-state index contributed by atoms with van der Waals surface area (Å²) in [5.41, 5.74) is 0. The summed E-state index contributed by atoms with van der Waals surface area (Å²) in [6, 6.07) is -0.710. The molecule has 7 unspecified atom stereocenters. The topological polar surface area (TPSA) is 149 Å². The standard InChI is InChI=1S/C44H87NO8/c1-3-5-7-9-11-13-15-17-18-19-20-21-22-24-26-28-30-32-34-40(48)45-37(36-52-44-43(51)42(50)41(49)39(35-46)53-44)38(47)33-31-29-27-25-23-16-14-12-10-8-6-4-2/h37-39,41-44,46-47,49-51H,3-36H2,1-2H3,(H,45,48). The highest BCUT2D eigenvalue weighted by molar-refractivity contribution is 5.76. The van der Waals surface area contributed by atoms with Crippen LogP contribution in [-0.4, -0.2) is 87.5 Å². The van der Waals surface area contributed by atoms with Crippen molar-refractivity contribution < 1.29 is 39.8 Å². The molecule has 0 aromatic carbocycles. The van der Waals surface area contributed by atoms with Gasteiger partial charge in [0.1, 0.15) is 24.4 Å². The molecule has 53 heavy (non-hydrogen) atoms. The van der Waals surface area contributed by atoms with Gasteiger partial charge in [0.25, 0.3) is 0 Å². The number of nitrogens with one attached hydrogen (secondary N) is 1. The van der Waals surface area contributed by atoms with Crippen molar-refractivity contribution in [1.82, 2.24) is 5.32 Å². The van der Waals surface area contributed by atoms with Gasteiger partial charge in [-0.25, -0.2) is 0 Å². The molecule has 0 saturated carbocycles. The minimum absolute atomic E-state index is 0.132. The highest BCUT2D eigenvalue weighted by Crippen LogP contribution is 2.23. The van der Waals surface area contributed by atoms with Gasteiger partial charge in [-0.3, -0.25) is 4.79 Å². The van der Waals surface area contributed by atoms with Crippen molar-refractivity contribution in [3.05, 3.63) is 0 Å². The van der Waals surface area contributed by atoms with Gasteiger partial charge in [-0.05, 0) is 12.8 Å². The zero-order valence-electron chi connectivity index (χ0n) is 34.5. The van der Waals surface area contributed by atoms with Crippen molar-refractivity contribution in [3.8, 4) is 0 Å². The average Bonchev–Trinajstić information content (AvgIpc) is 3.16. The molecule has 1 amide bonds. The van der Waals surface area contributed by atoms with Gasteiger partial charge in [-0.15, -0.1) is 0 Å². The smallest absolute Gasteiger partial charge is 0.220 e. The zero-order valence-corrected chi connectivity index (χ0v) is 34.5. The van der Waals surface area contributed by atoms with Gasteiger partial charge < -0.3 is 40.3 Å². The predicted octanol–water partition coefficient (Wildman–Crippen LogP) is 9.17. The lowest BCUT2D eigenvalue weighted by atomic mass is 9.99. The monoisotopic (exact) mass is 758 g/mol. The van der Waals surface area contributed by atoms with Crippen LogP contribution < -0.4 is 5.32 Å². The van der Waals surface area contributed by atoms with Crippen LogP contribution >= 0.6 is 0 Å². The molecule has 0 spiro atoms. The molecule has 6 N–H and O–H groups in total. The van der Waals surface area contributed by atoms with E-state index in [1.54, 1.807) is 0 Å². The molecular weight excluding hydrogens is 670 g/mol. The summed E-state index contributed by atoms with van der Waals surface area (Å²) >= 11 is 0. The van der Waals surface area contributed by atoms with Gasteiger partial charge in [-0.2, -0.15) is 0 Å². The number of rotatable bonds is 38. The summed E-state index contributed by atoms with van der Waals surface area (Å²) in [6.45, 7) is 3.84. The van der Waals surface area contributed by atoms with E-state index in [1.165, 1.54) is 154 Å². The van der Waals surface area contributed by atoms with Crippen LogP contribution in [0, 0.1) is 0 Å². The molecule has 1 heterocycles. The van der Waals surface area contributed by atoms with E-state index in [0.717, 1.165) is 38.5 Å². The molecule has 1 rings (SSSR count). The summed E-state index contributed by atoms with van der Waals surface area (Å²) < 4.78 is 11.2. The molecule has 0 aromatic heterocycles. The molecule has 0 aliphatic carbocycles. The normalized spacial score (nSPS) is 21.5. The molecule has 0 radical (unpaired) electrons. The van der Waals surface area contributed by atoms with Crippen molar-refractivity contribution in [2.24, 2.45) is 0 Å². The first kappa shape index (κ1) is 50.2. The Balaban J connectivity index is 2.30. The maximum absolute atomic E-state index is 12.9. The third kappa shape index (κ3) is 26.6. The van der Waals surface area contributed by atoms with E-state index in [4.69, 9.17) is 9.47 Å². The number of amides is 1. The fourth-order valence-corrected chi connectivity index (χ4v) is 7.51. The van der Waals surface area contributed by atoms with Crippen molar-refractivity contribution in [3.63, 3.8) is 0 Å². The Bertz CT molecular complexity index is 801. The summed E-state index contributed by atoms with van der Waals surface area (Å²) in [7, 11) is 0. The number of hydrogen-bond donors (Lipinski definition) is 6. The van der Waals surface area contributed by atoms with Gasteiger partial charge in [0, 0.05) is 6.42 Å². The summed E-state index contributed by atoms with van der Waals surface area (Å²) in [5.74, 6) is -0.141. The van der Waals surface area contributed by atoms with Crippen LogP contribution in [0.5, 0.6) is 0 Å². The number of carbonyl (C=O) groups excluding carboxylic acids is 1. The van der Waals surface area contributed by atoms with Crippen molar-refractivity contribution in [2.45, 2.75) is 262 Å². The van der Waals surface area contributed by atoms with Crippen LogP contribution in [0.1, 0.15) is 219 Å². The first-order valence-electron chi connectivity index (χ1n) is 22.7. The van der Waals surface area contributed by atoms with Crippen molar-refractivity contribution in [2.75, 3.05) is 13.2 Å². The Morgan fingerprint density at radius 2 is 0.943 bits per heavy atom. The maximum atomic E-state index is 12.9. The first-order valence-corrected chi connectivity index (χ1v) is 22.7. The summed E-state index contributed by atoms with van der Waals surface area (Å²) in [5, 5.41) is 54.3. The highest BCUT2D eigenvalue weighted by atomic mass is 16.7. The lowest BCUT2D eigenvalue weighted by Gasteiger charge is -2.40. The number of aliphatic hydroxyl groups excluding tert-OH is 5. The zero-order chi connectivity index (χ0) is 38.8. The van der Waals surface area contributed by atoms with Gasteiger partial charge in [0.05, 0.1) is 25.4 Å². The molecule has 316 valence electrons. The number of hydrogen-bond acceptors (Lipinski definition) is 8. The minimum atomic E-state index is -1.55. The second-order valence-electron chi connectivity index (χ2n) is 16.2. The summed E-state index contributed by atoms with van der Waals surface area (Å²) in [6.07, 6.45) is 31.1. The highest BCUT2D eigenvalue weighted by Gasteiger charge is 2.44. The second kappa shape index (κ2) is 35.6. The number of unbranched alkanes of at least 4 members (excludes halogenated alkanes) is 28. The Morgan fingerprint density at radius 1 is 0.566 bits per heavy atom. The molecule has 7 atom stereocenters. The van der Waals surface area contributed by atoms with Gasteiger partial charge in [0.15, 0.2) is 6.29 Å². The van der Waals surface area contributed by atoms with Crippen LogP contribution in [0.15, 0.2) is 0 Å². The Morgan fingerprint density at radius 3 is 1.34 bits per heavy atom. The quantitative estimate of drug-likeness (QED) is 0.0342. The van der Waals surface area contributed by atoms with E-state index < -0.39 is 49.5 Å². The molecule has 1 fully saturated rings. The molecular formula is C44H87NO8. The third-order valence-electron chi connectivity index (χ3n) is 11.2. The van der Waals surface area contributed by atoms with E-state index in [0.29, 0.717) is 12.8 Å². The molecule has 9 nitrogen and oxygen atoms in total. The Kier molecular flexibility index (Phi) is 33.7. The van der Waals surface area contributed by atoms with Crippen LogP contribution in [0.4, 0.5) is 0 Å². The SMILES string of the molecule is CCCCCCCCCCCCCCCCCCCCC(=O)NC(COC1OC(CO)C(O)C(O)C1O)C(O)CCCCCCCCCCCCCC. The third-order valence-corrected chi connectivity index (χ3v) is 11.2. The maximum Gasteiger partial charge on any atom is 0.220 e. The molecule has 0 bridgehead atoms. The molecule has 0 aromatic rings. The van der Waals surface area contributed by atoms with E-state index in [9.17, 15) is 30.3 Å². The van der Waals surface area contributed by atoms with Crippen molar-refractivity contribution in [1.29, 1.82) is 0 Å². The van der Waals surface area contributed by atoms with Crippen LogP contribution in [0.2, 0.25) is 0 Å². The van der Waals surface area contributed by atoms with Crippen molar-refractivity contribution >= 4 is 5.91 Å². The molecule has 1 aliphatic heterocycles. The fourth-order valence-electron chi connectivity index (χ4n) is 7.51. The average molecular weight is 758 g/mol. The number of carbonyl (C=O) groups is 1. The largest absolute Gasteiger partial charge is 0.394 e. The molecule has 9 heteroatoms. The molecule has 1 aliphatic rings. The second-order valence-corrected chi connectivity index (χ2v) is 16.2. The number of aliphatic hydroxyl groups is 5. The first-order chi connectivity index (χ1) is 25.8.